The van der Waals surface area contributed by atoms with Gasteiger partial charge in [-0.3, -0.25) is 0 Å². The normalized spacial score (nSPS) is 18.4. The molecular formula is C14H22BrNS. The second-order valence-electron chi connectivity index (χ2n) is 6.14. The lowest BCUT2D eigenvalue weighted by Crippen LogP contribution is -2.34. The van der Waals surface area contributed by atoms with E-state index in [2.05, 4.69) is 53.5 Å². The summed E-state index contributed by atoms with van der Waals surface area (Å²) in [5.41, 5.74) is 0.366. The summed E-state index contributed by atoms with van der Waals surface area (Å²) in [6, 6.07) is 2.97. The highest BCUT2D eigenvalue weighted by atomic mass is 79.9. The van der Waals surface area contributed by atoms with Crippen molar-refractivity contribution in [2.45, 2.75) is 46.1 Å². The molecule has 1 atom stereocenters. The highest BCUT2D eigenvalue weighted by Crippen LogP contribution is 2.33. The van der Waals surface area contributed by atoms with E-state index < -0.39 is 0 Å². The molecule has 0 aromatic carbocycles. The number of hydrogen-bond acceptors (Lipinski definition) is 2. The maximum Gasteiger partial charge on any atom is 0.0314 e. The van der Waals surface area contributed by atoms with Crippen LogP contribution in [0.15, 0.2) is 15.9 Å². The van der Waals surface area contributed by atoms with Gasteiger partial charge in [0.15, 0.2) is 0 Å². The molecule has 1 saturated carbocycles. The lowest BCUT2D eigenvalue weighted by atomic mass is 9.78. The summed E-state index contributed by atoms with van der Waals surface area (Å²) < 4.78 is 1.28. The average Bonchev–Trinajstić information content (AvgIpc) is 2.96. The van der Waals surface area contributed by atoms with Crippen LogP contribution in [0.5, 0.6) is 0 Å². The van der Waals surface area contributed by atoms with Crippen LogP contribution in [0.4, 0.5) is 0 Å². The van der Waals surface area contributed by atoms with Crippen molar-refractivity contribution in [3.8, 4) is 0 Å². The maximum absolute atomic E-state index is 3.68. The van der Waals surface area contributed by atoms with E-state index in [0.29, 0.717) is 11.3 Å². The van der Waals surface area contributed by atoms with E-state index in [1.165, 1.54) is 28.6 Å². The minimum atomic E-state index is 0.366. The van der Waals surface area contributed by atoms with Crippen molar-refractivity contribution in [3.63, 3.8) is 0 Å². The van der Waals surface area contributed by atoms with Crippen molar-refractivity contribution in [1.82, 2.24) is 5.32 Å². The third-order valence-corrected chi connectivity index (χ3v) is 5.53. The molecule has 0 bridgehead atoms. The molecule has 1 aromatic rings. The van der Waals surface area contributed by atoms with Gasteiger partial charge in [-0.25, -0.2) is 0 Å². The molecule has 0 spiro atoms. The first-order valence-corrected chi connectivity index (χ1v) is 8.09. The number of rotatable bonds is 5. The summed E-state index contributed by atoms with van der Waals surface area (Å²) in [6.45, 7) is 8.22. The summed E-state index contributed by atoms with van der Waals surface area (Å²) in [7, 11) is 0. The fourth-order valence-electron chi connectivity index (χ4n) is 1.98. The van der Waals surface area contributed by atoms with Crippen molar-refractivity contribution in [1.29, 1.82) is 0 Å². The van der Waals surface area contributed by atoms with E-state index in [9.17, 15) is 0 Å². The topological polar surface area (TPSA) is 12.0 Å². The molecule has 1 heterocycles. The van der Waals surface area contributed by atoms with Crippen LogP contribution in [0.2, 0.25) is 0 Å². The van der Waals surface area contributed by atoms with Crippen LogP contribution < -0.4 is 5.32 Å². The van der Waals surface area contributed by atoms with Gasteiger partial charge in [0, 0.05) is 15.4 Å². The number of thiophene rings is 1. The van der Waals surface area contributed by atoms with Gasteiger partial charge in [0.25, 0.3) is 0 Å². The Kier molecular flexibility index (Phi) is 4.32. The molecule has 3 heteroatoms. The molecule has 0 aliphatic heterocycles. The zero-order valence-corrected chi connectivity index (χ0v) is 13.3. The summed E-state index contributed by atoms with van der Waals surface area (Å²) in [6.07, 6.45) is 3.93. The van der Waals surface area contributed by atoms with E-state index in [0.717, 1.165) is 12.6 Å². The van der Waals surface area contributed by atoms with Gasteiger partial charge in [-0.2, -0.15) is 0 Å². The number of hydrogen-bond donors (Lipinski definition) is 1. The Balaban J connectivity index is 1.96. The molecular weight excluding hydrogens is 294 g/mol. The third-order valence-electron chi connectivity index (χ3n) is 3.58. The van der Waals surface area contributed by atoms with Crippen molar-refractivity contribution in [2.75, 3.05) is 6.54 Å². The van der Waals surface area contributed by atoms with Crippen molar-refractivity contribution in [2.24, 2.45) is 11.3 Å². The first-order chi connectivity index (χ1) is 7.97. The monoisotopic (exact) mass is 315 g/mol. The summed E-state index contributed by atoms with van der Waals surface area (Å²) in [4.78, 5) is 1.49. The zero-order chi connectivity index (χ0) is 12.5. The molecule has 0 saturated heterocycles. The van der Waals surface area contributed by atoms with Crippen LogP contribution >= 0.6 is 27.3 Å². The van der Waals surface area contributed by atoms with E-state index in [1.807, 2.05) is 11.3 Å². The van der Waals surface area contributed by atoms with Crippen molar-refractivity contribution >= 4 is 27.3 Å². The predicted molar refractivity (Wildman–Crippen MR) is 79.7 cm³/mol. The van der Waals surface area contributed by atoms with Gasteiger partial charge in [0.1, 0.15) is 0 Å². The average molecular weight is 316 g/mol. The van der Waals surface area contributed by atoms with Crippen LogP contribution in [0.3, 0.4) is 0 Å². The first kappa shape index (κ1) is 13.6. The van der Waals surface area contributed by atoms with Crippen LogP contribution in [0.25, 0.3) is 0 Å². The molecule has 1 N–H and O–H groups in total. The molecule has 1 unspecified atom stereocenters. The van der Waals surface area contributed by atoms with Crippen LogP contribution in [0, 0.1) is 11.3 Å². The first-order valence-electron chi connectivity index (χ1n) is 6.42. The van der Waals surface area contributed by atoms with Crippen molar-refractivity contribution < 1.29 is 0 Å². The van der Waals surface area contributed by atoms with E-state index >= 15 is 0 Å². The molecule has 1 nitrogen and oxygen atoms in total. The minimum absolute atomic E-state index is 0.366. The van der Waals surface area contributed by atoms with E-state index in [4.69, 9.17) is 0 Å². The Morgan fingerprint density at radius 3 is 2.65 bits per heavy atom. The predicted octanol–water partition coefficient (Wildman–Crippen LogP) is 4.47. The van der Waals surface area contributed by atoms with Gasteiger partial charge >= 0.3 is 0 Å². The fourth-order valence-corrected chi connectivity index (χ4v) is 3.57. The number of halogens is 1. The molecule has 1 aromatic heterocycles. The van der Waals surface area contributed by atoms with Crippen molar-refractivity contribution in [3.05, 3.63) is 20.8 Å². The molecule has 17 heavy (non-hydrogen) atoms. The van der Waals surface area contributed by atoms with Gasteiger partial charge in [-0.15, -0.1) is 11.3 Å². The van der Waals surface area contributed by atoms with E-state index in [-0.39, 0.29) is 0 Å². The molecule has 1 fully saturated rings. The van der Waals surface area contributed by atoms with Gasteiger partial charge in [0.05, 0.1) is 0 Å². The smallest absolute Gasteiger partial charge is 0.0314 e. The molecule has 0 amide bonds. The molecule has 96 valence electrons. The fraction of sp³-hybridized carbons (Fsp3) is 0.714. The van der Waals surface area contributed by atoms with Gasteiger partial charge in [-0.05, 0) is 64.5 Å². The Morgan fingerprint density at radius 1 is 1.47 bits per heavy atom. The largest absolute Gasteiger partial charge is 0.314 e. The van der Waals surface area contributed by atoms with Gasteiger partial charge < -0.3 is 5.32 Å². The maximum atomic E-state index is 3.68. The Morgan fingerprint density at radius 2 is 2.18 bits per heavy atom. The van der Waals surface area contributed by atoms with E-state index in [1.54, 1.807) is 0 Å². The third kappa shape index (κ3) is 4.08. The Labute approximate surface area is 117 Å². The minimum Gasteiger partial charge on any atom is -0.314 e. The summed E-state index contributed by atoms with van der Waals surface area (Å²) >= 11 is 5.51. The molecule has 0 radical (unpaired) electrons. The Hall–Kier alpha value is 0.140. The van der Waals surface area contributed by atoms with Gasteiger partial charge in [-0.1, -0.05) is 20.8 Å². The number of nitrogens with one attached hydrogen (secondary N) is 1. The lowest BCUT2D eigenvalue weighted by Gasteiger charge is -2.31. The highest BCUT2D eigenvalue weighted by Gasteiger charge is 2.28. The molecule has 2 rings (SSSR count). The second-order valence-corrected chi connectivity index (χ2v) is 8.00. The molecule has 1 aliphatic rings. The quantitative estimate of drug-likeness (QED) is 0.845. The second kappa shape index (κ2) is 5.41. The Bertz CT molecular complexity index is 363. The highest BCUT2D eigenvalue weighted by molar-refractivity contribution is 9.10. The lowest BCUT2D eigenvalue weighted by molar-refractivity contribution is 0.231. The summed E-state index contributed by atoms with van der Waals surface area (Å²) in [5, 5.41) is 5.86. The molecule has 1 aliphatic carbocycles. The van der Waals surface area contributed by atoms with Gasteiger partial charge in [0.2, 0.25) is 0 Å². The van der Waals surface area contributed by atoms with Crippen LogP contribution in [0.1, 0.15) is 38.5 Å². The summed E-state index contributed by atoms with van der Waals surface area (Å²) in [5.74, 6) is 0.707. The van der Waals surface area contributed by atoms with Crippen LogP contribution in [-0.4, -0.2) is 12.6 Å². The SMILES string of the molecule is CC(C)(C)C(CNC1CC1)Cc1sccc1Br. The van der Waals surface area contributed by atoms with Crippen LogP contribution in [-0.2, 0) is 6.42 Å². The zero-order valence-electron chi connectivity index (χ0n) is 10.9. The standard InChI is InChI=1S/C14H22BrNS/c1-14(2,3)10(9-16-11-4-5-11)8-13-12(15)6-7-17-13/h6-7,10-11,16H,4-5,8-9H2,1-3H3.